The molecule has 130 valence electrons. The third-order valence-electron chi connectivity index (χ3n) is 3.29. The largest absolute Gasteiger partial charge is 0.338 e. The quantitative estimate of drug-likeness (QED) is 0.759. The van der Waals surface area contributed by atoms with Crippen molar-refractivity contribution >= 4 is 6.03 Å². The van der Waals surface area contributed by atoms with Gasteiger partial charge in [-0.25, -0.2) is 18.6 Å². The highest BCUT2D eigenvalue weighted by atomic mass is 19.3. The number of hydrogen-bond donors (Lipinski definition) is 2. The average Bonchev–Trinajstić information content (AvgIpc) is 2.98. The molecule has 0 saturated carbocycles. The maximum atomic E-state index is 13.4. The van der Waals surface area contributed by atoms with Gasteiger partial charge in [-0.15, -0.1) is 0 Å². The third-order valence-corrected chi connectivity index (χ3v) is 3.29. The summed E-state index contributed by atoms with van der Waals surface area (Å²) in [5.41, 5.74) is 0.288. The van der Waals surface area contributed by atoms with Crippen LogP contribution in [0.15, 0.2) is 30.6 Å². The minimum Gasteiger partial charge on any atom is -0.338 e. The molecule has 2 amide bonds. The van der Waals surface area contributed by atoms with E-state index in [1.54, 1.807) is 0 Å². The van der Waals surface area contributed by atoms with E-state index < -0.39 is 24.2 Å². The van der Waals surface area contributed by atoms with E-state index in [1.807, 2.05) is 0 Å². The molecule has 9 heteroatoms. The zero-order valence-corrected chi connectivity index (χ0v) is 12.6. The van der Waals surface area contributed by atoms with Crippen LogP contribution in [0.3, 0.4) is 0 Å². The summed E-state index contributed by atoms with van der Waals surface area (Å²) in [6.45, 7) is -2.40. The fourth-order valence-electron chi connectivity index (χ4n) is 2.10. The fraction of sp³-hybridized carbons (Fsp3) is 0.333. The van der Waals surface area contributed by atoms with E-state index in [1.165, 1.54) is 12.3 Å². The van der Waals surface area contributed by atoms with Gasteiger partial charge in [0.2, 0.25) is 0 Å². The van der Waals surface area contributed by atoms with Gasteiger partial charge >= 0.3 is 12.6 Å². The van der Waals surface area contributed by atoms with Crippen molar-refractivity contribution in [3.05, 3.63) is 53.6 Å². The van der Waals surface area contributed by atoms with E-state index in [4.69, 9.17) is 0 Å². The minimum atomic E-state index is -2.68. The fourth-order valence-corrected chi connectivity index (χ4v) is 2.10. The van der Waals surface area contributed by atoms with Gasteiger partial charge in [-0.05, 0) is 18.1 Å². The molecular weight excluding hydrogens is 328 g/mol. The van der Waals surface area contributed by atoms with Crippen LogP contribution >= 0.6 is 0 Å². The van der Waals surface area contributed by atoms with E-state index in [0.717, 1.165) is 22.9 Å². The Morgan fingerprint density at radius 3 is 2.54 bits per heavy atom. The van der Waals surface area contributed by atoms with E-state index in [9.17, 15) is 22.4 Å². The zero-order chi connectivity index (χ0) is 17.5. The second-order valence-electron chi connectivity index (χ2n) is 4.95. The van der Waals surface area contributed by atoms with Crippen LogP contribution in [0, 0.1) is 11.6 Å². The number of carbonyl (C=O) groups excluding carboxylic acids is 1. The molecule has 0 aliphatic rings. The van der Waals surface area contributed by atoms with Crippen molar-refractivity contribution in [3.8, 4) is 0 Å². The van der Waals surface area contributed by atoms with Gasteiger partial charge in [0.15, 0.2) is 0 Å². The molecule has 1 aromatic carbocycles. The number of nitrogens with zero attached hydrogens (tertiary/aromatic N) is 2. The lowest BCUT2D eigenvalue weighted by atomic mass is 10.1. The number of hydrogen-bond acceptors (Lipinski definition) is 2. The molecule has 24 heavy (non-hydrogen) atoms. The zero-order valence-electron chi connectivity index (χ0n) is 12.6. The number of nitrogens with one attached hydrogen (secondary N) is 2. The Bertz CT molecular complexity index is 690. The van der Waals surface area contributed by atoms with Gasteiger partial charge in [0.1, 0.15) is 17.5 Å². The molecule has 2 rings (SSSR count). The SMILES string of the molecule is O=C(NCCc1ccc(F)cc1F)NCCc1nccn1C(F)F. The number of amides is 2. The lowest BCUT2D eigenvalue weighted by Crippen LogP contribution is -2.37. The third kappa shape index (κ3) is 4.97. The Morgan fingerprint density at radius 1 is 1.17 bits per heavy atom. The first kappa shape index (κ1) is 17.8. The highest BCUT2D eigenvalue weighted by Gasteiger charge is 2.11. The van der Waals surface area contributed by atoms with Gasteiger partial charge in [0.05, 0.1) is 0 Å². The molecular formula is C15H16F4N4O. The summed E-state index contributed by atoms with van der Waals surface area (Å²) in [6.07, 6.45) is 2.78. The summed E-state index contributed by atoms with van der Waals surface area (Å²) >= 11 is 0. The molecule has 0 saturated heterocycles. The molecule has 2 aromatic rings. The highest BCUT2D eigenvalue weighted by Crippen LogP contribution is 2.12. The Labute approximate surface area is 135 Å². The number of alkyl halides is 2. The summed E-state index contributed by atoms with van der Waals surface area (Å²) in [5, 5.41) is 5.00. The van der Waals surface area contributed by atoms with Crippen molar-refractivity contribution in [1.82, 2.24) is 20.2 Å². The molecule has 0 aliphatic carbocycles. The maximum Gasteiger partial charge on any atom is 0.319 e. The first-order valence-corrected chi connectivity index (χ1v) is 7.23. The number of carbonyl (C=O) groups is 1. The lowest BCUT2D eigenvalue weighted by molar-refractivity contribution is 0.0670. The van der Waals surface area contributed by atoms with Gasteiger partial charge in [-0.1, -0.05) is 6.07 Å². The predicted octanol–water partition coefficient (Wildman–Crippen LogP) is 2.64. The molecule has 0 aliphatic heterocycles. The summed E-state index contributed by atoms with van der Waals surface area (Å²) in [6, 6.07) is 2.73. The van der Waals surface area contributed by atoms with Crippen molar-refractivity contribution in [2.75, 3.05) is 13.1 Å². The molecule has 0 unspecified atom stereocenters. The number of urea groups is 1. The molecule has 0 radical (unpaired) electrons. The van der Waals surface area contributed by atoms with Crippen molar-refractivity contribution in [2.45, 2.75) is 19.4 Å². The number of halogens is 4. The first-order chi connectivity index (χ1) is 11.5. The van der Waals surface area contributed by atoms with E-state index in [2.05, 4.69) is 15.6 Å². The summed E-state index contributed by atoms with van der Waals surface area (Å²) in [4.78, 5) is 15.4. The Morgan fingerprint density at radius 2 is 1.88 bits per heavy atom. The molecule has 1 heterocycles. The molecule has 0 spiro atoms. The van der Waals surface area contributed by atoms with Crippen molar-refractivity contribution in [1.29, 1.82) is 0 Å². The van der Waals surface area contributed by atoms with Crippen LogP contribution in [0.25, 0.3) is 0 Å². The summed E-state index contributed by atoms with van der Waals surface area (Å²) in [7, 11) is 0. The topological polar surface area (TPSA) is 59.0 Å². The monoisotopic (exact) mass is 344 g/mol. The summed E-state index contributed by atoms with van der Waals surface area (Å²) < 4.78 is 52.1. The number of aromatic nitrogens is 2. The maximum absolute atomic E-state index is 13.4. The molecule has 0 atom stereocenters. The normalized spacial score (nSPS) is 10.9. The predicted molar refractivity (Wildman–Crippen MR) is 78.6 cm³/mol. The van der Waals surface area contributed by atoms with Crippen LogP contribution in [0.4, 0.5) is 22.4 Å². The molecule has 2 N–H and O–H groups in total. The van der Waals surface area contributed by atoms with Gasteiger partial charge in [0.25, 0.3) is 0 Å². The second-order valence-corrected chi connectivity index (χ2v) is 4.95. The van der Waals surface area contributed by atoms with Gasteiger partial charge in [0, 0.05) is 38.0 Å². The number of benzene rings is 1. The second kappa shape index (κ2) is 8.32. The van der Waals surface area contributed by atoms with Crippen LogP contribution in [-0.2, 0) is 12.8 Å². The van der Waals surface area contributed by atoms with Gasteiger partial charge in [-0.2, -0.15) is 8.78 Å². The van der Waals surface area contributed by atoms with Crippen LogP contribution < -0.4 is 10.6 Å². The standard InChI is InChI=1S/C15H16F4N4O/c16-11-2-1-10(12(17)9-11)3-5-21-15(24)22-6-4-13-20-7-8-23(13)14(18)19/h1-2,7-9,14H,3-6H2,(H2,21,22,24). The van der Waals surface area contributed by atoms with Crippen molar-refractivity contribution in [2.24, 2.45) is 0 Å². The van der Waals surface area contributed by atoms with E-state index in [-0.39, 0.29) is 37.3 Å². The van der Waals surface area contributed by atoms with Crippen molar-refractivity contribution in [3.63, 3.8) is 0 Å². The summed E-state index contributed by atoms with van der Waals surface area (Å²) in [5.74, 6) is -1.17. The van der Waals surface area contributed by atoms with Crippen LogP contribution in [0.1, 0.15) is 17.9 Å². The van der Waals surface area contributed by atoms with E-state index in [0.29, 0.717) is 0 Å². The van der Waals surface area contributed by atoms with Crippen molar-refractivity contribution < 1.29 is 22.4 Å². The van der Waals surface area contributed by atoms with E-state index >= 15 is 0 Å². The smallest absolute Gasteiger partial charge is 0.319 e. The molecule has 5 nitrogen and oxygen atoms in total. The first-order valence-electron chi connectivity index (χ1n) is 7.23. The van der Waals surface area contributed by atoms with Gasteiger partial charge in [-0.3, -0.25) is 4.57 Å². The van der Waals surface area contributed by atoms with Gasteiger partial charge < -0.3 is 10.6 Å². The minimum absolute atomic E-state index is 0.125. The average molecular weight is 344 g/mol. The highest BCUT2D eigenvalue weighted by molar-refractivity contribution is 5.73. The molecule has 0 fully saturated rings. The Hall–Kier alpha value is -2.58. The Balaban J connectivity index is 1.69. The molecule has 1 aromatic heterocycles. The number of rotatable bonds is 7. The molecule has 0 bridgehead atoms. The lowest BCUT2D eigenvalue weighted by Gasteiger charge is -2.09. The Kier molecular flexibility index (Phi) is 6.16. The van der Waals surface area contributed by atoms with Crippen LogP contribution in [-0.4, -0.2) is 28.7 Å². The van der Waals surface area contributed by atoms with Crippen LogP contribution in [0.2, 0.25) is 0 Å². The van der Waals surface area contributed by atoms with Crippen LogP contribution in [0.5, 0.6) is 0 Å². The number of imidazole rings is 1.